The van der Waals surface area contributed by atoms with E-state index >= 15 is 0 Å². The molecule has 8 aliphatic carbocycles. The van der Waals surface area contributed by atoms with E-state index in [2.05, 4.69) is 94.4 Å². The van der Waals surface area contributed by atoms with E-state index in [-0.39, 0.29) is 26.7 Å². The third-order valence-corrected chi connectivity index (χ3v) is 22.7. The van der Waals surface area contributed by atoms with E-state index in [1.54, 1.807) is 99.9 Å². The number of rotatable bonds is 8. The summed E-state index contributed by atoms with van der Waals surface area (Å²) in [6, 6.07) is 7.89. The summed E-state index contributed by atoms with van der Waals surface area (Å²) in [5.41, 5.74) is 5.29. The lowest BCUT2D eigenvalue weighted by Gasteiger charge is -2.68. The van der Waals surface area contributed by atoms with Crippen LogP contribution in [0.25, 0.3) is 0 Å². The Morgan fingerprint density at radius 2 is 0.957 bits per heavy atom. The molecule has 8 saturated carbocycles. The second kappa shape index (κ2) is 11.6. The Hall–Kier alpha value is 0.0800. The van der Waals surface area contributed by atoms with Crippen LogP contribution in [0.4, 0.5) is 0 Å². The molecule has 0 amide bonds. The Bertz CT molecular complexity index is 1150. The summed E-state index contributed by atoms with van der Waals surface area (Å²) in [6.07, 6.45) is 23.6. The van der Waals surface area contributed by atoms with Gasteiger partial charge in [0.15, 0.2) is 0 Å². The van der Waals surface area contributed by atoms with Crippen LogP contribution in [0.3, 0.4) is 0 Å². The Labute approximate surface area is 288 Å². The van der Waals surface area contributed by atoms with Gasteiger partial charge in [0.05, 0.1) is 0 Å². The third-order valence-electron chi connectivity index (χ3n) is 14.7. The van der Waals surface area contributed by atoms with Crippen molar-refractivity contribution in [2.75, 3.05) is 6.16 Å². The zero-order valence-electron chi connectivity index (χ0n) is 32.2. The van der Waals surface area contributed by atoms with Crippen LogP contribution < -0.4 is 0 Å². The topological polar surface area (TPSA) is 0 Å². The van der Waals surface area contributed by atoms with Crippen LogP contribution in [-0.4, -0.2) is 26.8 Å². The van der Waals surface area contributed by atoms with Crippen molar-refractivity contribution >= 4 is 15.8 Å². The van der Waals surface area contributed by atoms with Crippen LogP contribution in [0.15, 0.2) is 18.2 Å². The molecule has 1 aromatic rings. The molecule has 0 nitrogen and oxygen atoms in total. The van der Waals surface area contributed by atoms with Gasteiger partial charge >= 0.3 is 0 Å². The van der Waals surface area contributed by atoms with E-state index in [1.165, 1.54) is 12.6 Å². The molecule has 8 bridgehead atoms. The van der Waals surface area contributed by atoms with E-state index in [4.69, 9.17) is 0 Å². The van der Waals surface area contributed by atoms with Gasteiger partial charge in [0.25, 0.3) is 0 Å². The maximum Gasteiger partial charge on any atom is -0.00636 e. The molecule has 0 radical (unpaired) electrons. The second-order valence-electron chi connectivity index (χ2n) is 22.1. The first-order chi connectivity index (χ1) is 21.2. The lowest BCUT2D eigenvalue weighted by molar-refractivity contribution is 0.0184. The van der Waals surface area contributed by atoms with Crippen LogP contribution in [-0.2, 0) is 17.0 Å². The molecule has 8 fully saturated rings. The maximum absolute atomic E-state index is 2.69. The fraction of sp³-hybridized carbons (Fsp3) is 0.864. The summed E-state index contributed by atoms with van der Waals surface area (Å²) in [6.45, 7) is 27.7. The van der Waals surface area contributed by atoms with Gasteiger partial charge in [-0.1, -0.05) is 110 Å². The zero-order chi connectivity index (χ0) is 33.1. The van der Waals surface area contributed by atoms with Crippen molar-refractivity contribution in [3.8, 4) is 0 Å². The molecule has 8 aliphatic rings. The van der Waals surface area contributed by atoms with Crippen LogP contribution >= 0.6 is 15.8 Å². The highest BCUT2D eigenvalue weighted by atomic mass is 31.1. The van der Waals surface area contributed by atoms with Crippen molar-refractivity contribution in [1.29, 1.82) is 0 Å². The normalized spacial score (nSPS) is 37.8. The smallest absolute Gasteiger partial charge is 0.00636 e. The molecule has 2 heteroatoms. The first-order valence-corrected chi connectivity index (χ1v) is 23.0. The summed E-state index contributed by atoms with van der Waals surface area (Å²) in [5.74, 6) is 6.53. The predicted octanol–water partition coefficient (Wildman–Crippen LogP) is 13.7. The molecule has 0 aromatic heterocycles. The van der Waals surface area contributed by atoms with Gasteiger partial charge in [0, 0.05) is 0 Å². The van der Waals surface area contributed by atoms with Crippen molar-refractivity contribution in [3.05, 3.63) is 34.9 Å². The standard InChI is InChI=1S/C44H72P2/c1-39(2,3)38-22-30(29-46(40(4,5)6)41(7,8)9)12-13-37(38)42(10,11)14-15-45(43-23-31-16-32(24-43)18-33(17-31)25-43)44-26-34-19-35(27-44)21-36(20-34)28-44/h12-13,22,31-36H,14-21,23-29H2,1-11H3. The fourth-order valence-corrected chi connectivity index (χ4v) is 23.0. The third kappa shape index (κ3) is 6.40. The zero-order valence-corrected chi connectivity index (χ0v) is 34.0. The Morgan fingerprint density at radius 1 is 0.565 bits per heavy atom. The molecule has 0 N–H and O–H groups in total. The minimum atomic E-state index is -0.145. The van der Waals surface area contributed by atoms with Gasteiger partial charge in [-0.25, -0.2) is 0 Å². The molecule has 0 spiro atoms. The number of hydrogen-bond donors (Lipinski definition) is 0. The molecule has 258 valence electrons. The summed E-state index contributed by atoms with van der Waals surface area (Å²) < 4.78 is 0. The van der Waals surface area contributed by atoms with Gasteiger partial charge in [0.2, 0.25) is 0 Å². The lowest BCUT2D eigenvalue weighted by Crippen LogP contribution is -2.57. The SMILES string of the molecule is CC(C)(C)c1cc(CP(C(C)(C)C)C(C)(C)C)ccc1C(C)(C)CCP(C12CC3CC(CC(C3)C1)C2)C12CC3CC(CC(C3)C1)C2. The predicted molar refractivity (Wildman–Crippen MR) is 207 cm³/mol. The quantitative estimate of drug-likeness (QED) is 0.243. The highest BCUT2D eigenvalue weighted by Gasteiger charge is 2.62. The highest BCUT2D eigenvalue weighted by molar-refractivity contribution is 7.61. The van der Waals surface area contributed by atoms with Crippen molar-refractivity contribution < 1.29 is 0 Å². The largest absolute Gasteiger partial charge is 0.0939 e. The van der Waals surface area contributed by atoms with Crippen molar-refractivity contribution in [1.82, 2.24) is 0 Å². The Morgan fingerprint density at radius 3 is 1.30 bits per heavy atom. The summed E-state index contributed by atoms with van der Waals surface area (Å²) in [7, 11) is -0.0882. The molecule has 0 unspecified atom stereocenters. The van der Waals surface area contributed by atoms with E-state index in [9.17, 15) is 0 Å². The maximum atomic E-state index is 2.69. The molecule has 46 heavy (non-hydrogen) atoms. The fourth-order valence-electron chi connectivity index (χ4n) is 13.9. The average molecular weight is 663 g/mol. The monoisotopic (exact) mass is 663 g/mol. The van der Waals surface area contributed by atoms with Gasteiger partial charge in [-0.05, 0) is 179 Å². The average Bonchev–Trinajstić information content (AvgIpc) is 2.88. The molecule has 9 rings (SSSR count). The number of hydrogen-bond acceptors (Lipinski definition) is 0. The Balaban J connectivity index is 1.20. The molecule has 0 atom stereocenters. The lowest BCUT2D eigenvalue weighted by atomic mass is 9.55. The van der Waals surface area contributed by atoms with Crippen LogP contribution in [0.1, 0.15) is 176 Å². The molecule has 0 aliphatic heterocycles. The van der Waals surface area contributed by atoms with Crippen LogP contribution in [0.5, 0.6) is 0 Å². The number of benzene rings is 1. The van der Waals surface area contributed by atoms with Crippen molar-refractivity contribution in [2.24, 2.45) is 35.5 Å². The molecule has 0 heterocycles. The van der Waals surface area contributed by atoms with Gasteiger partial charge in [-0.15, -0.1) is 0 Å². The van der Waals surface area contributed by atoms with Crippen LogP contribution in [0.2, 0.25) is 0 Å². The summed E-state index contributed by atoms with van der Waals surface area (Å²) in [4.78, 5) is 0. The summed E-state index contributed by atoms with van der Waals surface area (Å²) >= 11 is 0. The summed E-state index contributed by atoms with van der Waals surface area (Å²) in [5, 5.41) is 2.22. The first kappa shape index (κ1) is 34.5. The minimum Gasteiger partial charge on any atom is -0.0939 e. The van der Waals surface area contributed by atoms with Gasteiger partial charge in [0.1, 0.15) is 0 Å². The van der Waals surface area contributed by atoms with E-state index in [1.807, 2.05) is 0 Å². The van der Waals surface area contributed by atoms with Crippen molar-refractivity contribution in [3.63, 3.8) is 0 Å². The molecular formula is C44H72P2. The highest BCUT2D eigenvalue weighted by Crippen LogP contribution is 2.79. The molecular weight excluding hydrogens is 590 g/mol. The molecule has 0 saturated heterocycles. The minimum absolute atomic E-state index is 0.0572. The van der Waals surface area contributed by atoms with Crippen LogP contribution in [0, 0.1) is 35.5 Å². The van der Waals surface area contributed by atoms with Gasteiger partial charge in [-0.3, -0.25) is 0 Å². The van der Waals surface area contributed by atoms with Crippen molar-refractivity contribution in [2.45, 2.75) is 197 Å². The van der Waals surface area contributed by atoms with Gasteiger partial charge < -0.3 is 0 Å². The first-order valence-electron chi connectivity index (χ1n) is 19.9. The molecule has 1 aromatic carbocycles. The van der Waals surface area contributed by atoms with Gasteiger partial charge in [-0.2, -0.15) is 0 Å². The van der Waals surface area contributed by atoms with E-state index in [0.29, 0.717) is 10.3 Å². The second-order valence-corrected chi connectivity index (χ2v) is 29.2. The Kier molecular flexibility index (Phi) is 8.67. The van der Waals surface area contributed by atoms with E-state index in [0.717, 1.165) is 45.8 Å². The van der Waals surface area contributed by atoms with E-state index < -0.39 is 0 Å².